The molecule has 0 spiro atoms. The molecule has 112 valence electrons. The van der Waals surface area contributed by atoms with Gasteiger partial charge in [0, 0.05) is 6.07 Å². The Bertz CT molecular complexity index is 871. The van der Waals surface area contributed by atoms with Gasteiger partial charge in [-0.3, -0.25) is 14.2 Å². The number of halogens is 1. The van der Waals surface area contributed by atoms with Gasteiger partial charge < -0.3 is 9.73 Å². The molecule has 3 aromatic rings. The molecule has 2 heterocycles. The smallest absolute Gasteiger partial charge is 0.261 e. The molecule has 6 nitrogen and oxygen atoms in total. The van der Waals surface area contributed by atoms with Crippen molar-refractivity contribution in [3.63, 3.8) is 0 Å². The van der Waals surface area contributed by atoms with Crippen molar-refractivity contribution in [3.8, 4) is 0 Å². The van der Waals surface area contributed by atoms with Crippen molar-refractivity contribution in [1.82, 2.24) is 14.9 Å². The van der Waals surface area contributed by atoms with Crippen molar-refractivity contribution >= 4 is 16.8 Å². The lowest BCUT2D eigenvalue weighted by atomic mass is 10.2. The van der Waals surface area contributed by atoms with Crippen LogP contribution >= 0.6 is 0 Å². The quantitative estimate of drug-likeness (QED) is 0.791. The summed E-state index contributed by atoms with van der Waals surface area (Å²) < 4.78 is 19.4. The van der Waals surface area contributed by atoms with Crippen LogP contribution in [0.25, 0.3) is 10.9 Å². The second kappa shape index (κ2) is 5.80. The third-order valence-corrected chi connectivity index (χ3v) is 3.14. The molecule has 0 radical (unpaired) electrons. The number of rotatable bonds is 4. The first kappa shape index (κ1) is 14.0. The van der Waals surface area contributed by atoms with Crippen LogP contribution in [0, 0.1) is 5.82 Å². The van der Waals surface area contributed by atoms with Gasteiger partial charge in [0.05, 0.1) is 30.0 Å². The molecular weight excluding hydrogens is 289 g/mol. The van der Waals surface area contributed by atoms with Crippen molar-refractivity contribution in [2.24, 2.45) is 0 Å². The summed E-state index contributed by atoms with van der Waals surface area (Å²) >= 11 is 0. The summed E-state index contributed by atoms with van der Waals surface area (Å²) in [7, 11) is 0. The highest BCUT2D eigenvalue weighted by Crippen LogP contribution is 2.08. The molecule has 3 rings (SSSR count). The van der Waals surface area contributed by atoms with Crippen molar-refractivity contribution in [2.75, 3.05) is 0 Å². The highest BCUT2D eigenvalue weighted by atomic mass is 19.1. The van der Waals surface area contributed by atoms with Crippen LogP contribution < -0.4 is 10.9 Å². The fraction of sp³-hybridized carbons (Fsp3) is 0.133. The summed E-state index contributed by atoms with van der Waals surface area (Å²) in [5, 5.41) is 2.90. The topological polar surface area (TPSA) is 77.1 Å². The minimum absolute atomic E-state index is 0.167. The maximum absolute atomic E-state index is 13.1. The van der Waals surface area contributed by atoms with Gasteiger partial charge in [0.25, 0.3) is 5.56 Å². The zero-order chi connectivity index (χ0) is 15.5. The van der Waals surface area contributed by atoms with Crippen LogP contribution in [0.15, 0.2) is 52.1 Å². The number of nitrogens with zero attached hydrogens (tertiary/aromatic N) is 2. The lowest BCUT2D eigenvalue weighted by Crippen LogP contribution is -2.32. The standard InChI is InChI=1S/C15H12FN3O3/c16-10-3-4-12-13(6-10)18-9-19(15(12)21)8-14(20)17-7-11-2-1-5-22-11/h1-6,9H,7-8H2,(H,17,20). The zero-order valence-corrected chi connectivity index (χ0v) is 11.5. The van der Waals surface area contributed by atoms with Gasteiger partial charge in [0.1, 0.15) is 18.1 Å². The lowest BCUT2D eigenvalue weighted by molar-refractivity contribution is -0.122. The maximum atomic E-state index is 13.1. The Balaban J connectivity index is 1.76. The molecule has 1 N–H and O–H groups in total. The van der Waals surface area contributed by atoms with Crippen LogP contribution in [-0.4, -0.2) is 15.5 Å². The fourth-order valence-corrected chi connectivity index (χ4v) is 2.05. The predicted octanol–water partition coefficient (Wildman–Crippen LogP) is 1.45. The Kier molecular flexibility index (Phi) is 3.69. The molecule has 2 aromatic heterocycles. The molecule has 0 aliphatic heterocycles. The lowest BCUT2D eigenvalue weighted by Gasteiger charge is -2.07. The Hall–Kier alpha value is -2.96. The Morgan fingerprint density at radius 2 is 2.23 bits per heavy atom. The molecule has 22 heavy (non-hydrogen) atoms. The van der Waals surface area contributed by atoms with E-state index in [2.05, 4.69) is 10.3 Å². The van der Waals surface area contributed by atoms with Gasteiger partial charge in [-0.25, -0.2) is 9.37 Å². The van der Waals surface area contributed by atoms with Gasteiger partial charge in [-0.15, -0.1) is 0 Å². The van der Waals surface area contributed by atoms with Crippen molar-refractivity contribution in [3.05, 3.63) is 64.9 Å². The molecule has 7 heteroatoms. The Morgan fingerprint density at radius 1 is 1.36 bits per heavy atom. The number of nitrogens with one attached hydrogen (secondary N) is 1. The number of hydrogen-bond donors (Lipinski definition) is 1. The van der Waals surface area contributed by atoms with Gasteiger partial charge in [-0.05, 0) is 24.3 Å². The first-order valence-corrected chi connectivity index (χ1v) is 6.57. The second-order valence-corrected chi connectivity index (χ2v) is 4.70. The normalized spacial score (nSPS) is 10.8. The van der Waals surface area contributed by atoms with E-state index >= 15 is 0 Å². The fourth-order valence-electron chi connectivity index (χ4n) is 2.05. The van der Waals surface area contributed by atoms with Gasteiger partial charge in [0.15, 0.2) is 0 Å². The van der Waals surface area contributed by atoms with Crippen molar-refractivity contribution in [1.29, 1.82) is 0 Å². The van der Waals surface area contributed by atoms with E-state index in [1.165, 1.54) is 35.4 Å². The monoisotopic (exact) mass is 301 g/mol. The number of aromatic nitrogens is 2. The predicted molar refractivity (Wildman–Crippen MR) is 76.5 cm³/mol. The van der Waals surface area contributed by atoms with E-state index in [0.717, 1.165) is 0 Å². The molecule has 0 aliphatic rings. The highest BCUT2D eigenvalue weighted by Gasteiger charge is 2.09. The average Bonchev–Trinajstić information content (AvgIpc) is 3.01. The number of fused-ring (bicyclic) bond motifs is 1. The maximum Gasteiger partial charge on any atom is 0.261 e. The highest BCUT2D eigenvalue weighted by molar-refractivity contribution is 5.78. The number of carbonyl (C=O) groups excluding carboxylic acids is 1. The van der Waals surface area contributed by atoms with E-state index in [1.807, 2.05) is 0 Å². The van der Waals surface area contributed by atoms with E-state index in [4.69, 9.17) is 4.42 Å². The SMILES string of the molecule is O=C(Cn1cnc2cc(F)ccc2c1=O)NCc1ccco1. The van der Waals surface area contributed by atoms with Crippen LogP contribution in [0.5, 0.6) is 0 Å². The third-order valence-electron chi connectivity index (χ3n) is 3.14. The molecule has 0 saturated carbocycles. The van der Waals surface area contributed by atoms with Gasteiger partial charge in [-0.2, -0.15) is 0 Å². The molecule has 0 bridgehead atoms. The van der Waals surface area contributed by atoms with Crippen molar-refractivity contribution < 1.29 is 13.6 Å². The largest absolute Gasteiger partial charge is 0.467 e. The summed E-state index contributed by atoms with van der Waals surface area (Å²) in [4.78, 5) is 28.1. The number of benzene rings is 1. The number of carbonyl (C=O) groups is 1. The number of furan rings is 1. The van der Waals surface area contributed by atoms with E-state index < -0.39 is 11.4 Å². The van der Waals surface area contributed by atoms with Crippen LogP contribution in [0.3, 0.4) is 0 Å². The second-order valence-electron chi connectivity index (χ2n) is 4.70. The van der Waals surface area contributed by atoms with Gasteiger partial charge >= 0.3 is 0 Å². The molecule has 0 unspecified atom stereocenters. The Labute approximate surface area is 124 Å². The van der Waals surface area contributed by atoms with Crippen molar-refractivity contribution in [2.45, 2.75) is 13.1 Å². The molecule has 0 saturated heterocycles. The van der Waals surface area contributed by atoms with Gasteiger partial charge in [-0.1, -0.05) is 0 Å². The van der Waals surface area contributed by atoms with E-state index in [9.17, 15) is 14.0 Å². The Morgan fingerprint density at radius 3 is 3.00 bits per heavy atom. The summed E-state index contributed by atoms with van der Waals surface area (Å²) in [6.45, 7) is 0.0761. The summed E-state index contributed by atoms with van der Waals surface area (Å²) in [5.41, 5.74) is -0.129. The molecule has 0 fully saturated rings. The van der Waals surface area contributed by atoms with E-state index in [1.54, 1.807) is 12.1 Å². The van der Waals surface area contributed by atoms with Crippen LogP contribution in [0.2, 0.25) is 0 Å². The molecule has 0 aliphatic carbocycles. The van der Waals surface area contributed by atoms with Crippen LogP contribution in [-0.2, 0) is 17.9 Å². The zero-order valence-electron chi connectivity index (χ0n) is 11.5. The molecular formula is C15H12FN3O3. The summed E-state index contributed by atoms with van der Waals surface area (Å²) in [5.74, 6) is -0.192. The number of amides is 1. The van der Waals surface area contributed by atoms with Crippen LogP contribution in [0.4, 0.5) is 4.39 Å². The van der Waals surface area contributed by atoms with Crippen LogP contribution in [0.1, 0.15) is 5.76 Å². The van der Waals surface area contributed by atoms with E-state index in [0.29, 0.717) is 5.76 Å². The molecule has 1 amide bonds. The average molecular weight is 301 g/mol. The molecule has 1 aromatic carbocycles. The first-order chi connectivity index (χ1) is 10.6. The minimum Gasteiger partial charge on any atom is -0.467 e. The third kappa shape index (κ3) is 2.88. The summed E-state index contributed by atoms with van der Waals surface area (Å²) in [6.07, 6.45) is 2.74. The molecule has 0 atom stereocenters. The first-order valence-electron chi connectivity index (χ1n) is 6.57. The summed E-state index contributed by atoms with van der Waals surface area (Å²) in [6, 6.07) is 7.18. The number of hydrogen-bond acceptors (Lipinski definition) is 4. The van der Waals surface area contributed by atoms with Gasteiger partial charge in [0.2, 0.25) is 5.91 Å². The minimum atomic E-state index is -0.464. The van der Waals surface area contributed by atoms with E-state index in [-0.39, 0.29) is 29.9 Å².